The van der Waals surface area contributed by atoms with E-state index in [4.69, 9.17) is 0 Å². The number of benzene rings is 1. The van der Waals surface area contributed by atoms with Gasteiger partial charge in [0.05, 0.1) is 5.69 Å². The highest BCUT2D eigenvalue weighted by Crippen LogP contribution is 2.31. The van der Waals surface area contributed by atoms with Crippen LogP contribution in [0.15, 0.2) is 24.3 Å². The normalized spacial score (nSPS) is 11.5. The van der Waals surface area contributed by atoms with Gasteiger partial charge in [0.15, 0.2) is 5.69 Å². The molecule has 0 radical (unpaired) electrons. The minimum absolute atomic E-state index is 0.105. The zero-order valence-electron chi connectivity index (χ0n) is 10.1. The van der Waals surface area contributed by atoms with Crippen molar-refractivity contribution >= 4 is 5.95 Å². The van der Waals surface area contributed by atoms with Gasteiger partial charge >= 0.3 is 6.18 Å². The molecule has 2 rings (SSSR count). The molecule has 2 aromatic rings. The number of nitrogens with zero attached hydrogens (tertiary/aromatic N) is 2. The first kappa shape index (κ1) is 14.2. The highest BCUT2D eigenvalue weighted by atomic mass is 19.4. The van der Waals surface area contributed by atoms with Crippen molar-refractivity contribution in [1.82, 2.24) is 9.97 Å². The van der Waals surface area contributed by atoms with Gasteiger partial charge < -0.3 is 5.32 Å². The van der Waals surface area contributed by atoms with Crippen molar-refractivity contribution in [2.24, 2.45) is 0 Å². The van der Waals surface area contributed by atoms with Gasteiger partial charge in [-0.2, -0.15) is 13.2 Å². The number of halogens is 5. The Morgan fingerprint density at radius 1 is 0.950 bits per heavy atom. The van der Waals surface area contributed by atoms with Crippen LogP contribution in [-0.4, -0.2) is 17.0 Å². The monoisotopic (exact) mass is 289 g/mol. The maximum absolute atomic E-state index is 13.1. The van der Waals surface area contributed by atoms with E-state index in [9.17, 15) is 22.0 Å². The van der Waals surface area contributed by atoms with Crippen molar-refractivity contribution in [3.8, 4) is 11.3 Å². The number of alkyl halides is 3. The van der Waals surface area contributed by atoms with Crippen LogP contribution in [0.5, 0.6) is 0 Å². The van der Waals surface area contributed by atoms with E-state index < -0.39 is 23.5 Å². The summed E-state index contributed by atoms with van der Waals surface area (Å²) in [5.41, 5.74) is -1.53. The van der Waals surface area contributed by atoms with Gasteiger partial charge in [0.25, 0.3) is 0 Å². The van der Waals surface area contributed by atoms with Gasteiger partial charge in [0, 0.05) is 18.7 Å². The summed E-state index contributed by atoms with van der Waals surface area (Å²) in [4.78, 5) is 7.02. The molecule has 1 aromatic carbocycles. The molecule has 0 atom stereocenters. The summed E-state index contributed by atoms with van der Waals surface area (Å²) in [6.07, 6.45) is -4.69. The summed E-state index contributed by atoms with van der Waals surface area (Å²) in [7, 11) is 1.34. The van der Waals surface area contributed by atoms with Gasteiger partial charge in [-0.1, -0.05) is 0 Å². The van der Waals surface area contributed by atoms with Crippen molar-refractivity contribution in [1.29, 1.82) is 0 Å². The average Bonchev–Trinajstić information content (AvgIpc) is 2.36. The molecule has 0 aliphatic carbocycles. The number of nitrogens with one attached hydrogen (secondary N) is 1. The average molecular weight is 289 g/mol. The second kappa shape index (κ2) is 5.03. The third-order valence-electron chi connectivity index (χ3n) is 2.40. The molecule has 106 valence electrons. The van der Waals surface area contributed by atoms with E-state index in [1.165, 1.54) is 7.05 Å². The highest BCUT2D eigenvalue weighted by molar-refractivity contribution is 5.61. The minimum Gasteiger partial charge on any atom is -0.357 e. The first-order valence-electron chi connectivity index (χ1n) is 5.40. The molecule has 20 heavy (non-hydrogen) atoms. The van der Waals surface area contributed by atoms with Gasteiger partial charge in [0.2, 0.25) is 5.95 Å². The standard InChI is InChI=1S/C12H8F5N3/c1-18-11-19-9(5-10(20-11)12(15,16)17)6-2-7(13)4-8(14)3-6/h2-5H,1H3,(H,18,19,20). The zero-order chi connectivity index (χ0) is 14.9. The Morgan fingerprint density at radius 2 is 1.55 bits per heavy atom. The fourth-order valence-corrected chi connectivity index (χ4v) is 1.55. The van der Waals surface area contributed by atoms with E-state index in [0.29, 0.717) is 12.1 Å². The third kappa shape index (κ3) is 3.01. The van der Waals surface area contributed by atoms with E-state index in [2.05, 4.69) is 15.3 Å². The maximum Gasteiger partial charge on any atom is 0.433 e. The third-order valence-corrected chi connectivity index (χ3v) is 2.40. The lowest BCUT2D eigenvalue weighted by molar-refractivity contribution is -0.141. The van der Waals surface area contributed by atoms with Crippen LogP contribution in [0, 0.1) is 11.6 Å². The number of anilines is 1. The lowest BCUT2D eigenvalue weighted by atomic mass is 10.1. The van der Waals surface area contributed by atoms with E-state index in [-0.39, 0.29) is 17.2 Å². The maximum atomic E-state index is 13.1. The summed E-state index contributed by atoms with van der Waals surface area (Å²) >= 11 is 0. The van der Waals surface area contributed by atoms with Crippen molar-refractivity contribution in [3.05, 3.63) is 41.6 Å². The molecule has 0 unspecified atom stereocenters. The van der Waals surface area contributed by atoms with Crippen LogP contribution in [0.25, 0.3) is 11.3 Å². The molecule has 0 saturated heterocycles. The van der Waals surface area contributed by atoms with E-state index in [0.717, 1.165) is 12.1 Å². The van der Waals surface area contributed by atoms with Gasteiger partial charge in [0.1, 0.15) is 11.6 Å². The summed E-state index contributed by atoms with van der Waals surface area (Å²) in [5, 5.41) is 2.37. The van der Waals surface area contributed by atoms with Gasteiger partial charge in [-0.15, -0.1) is 0 Å². The predicted molar refractivity (Wildman–Crippen MR) is 61.9 cm³/mol. The number of rotatable bonds is 2. The SMILES string of the molecule is CNc1nc(-c2cc(F)cc(F)c2)cc(C(F)(F)F)n1. The molecular formula is C12H8F5N3. The predicted octanol–water partition coefficient (Wildman–Crippen LogP) is 3.48. The van der Waals surface area contributed by atoms with Crippen LogP contribution < -0.4 is 5.32 Å². The fraction of sp³-hybridized carbons (Fsp3) is 0.167. The van der Waals surface area contributed by atoms with Gasteiger partial charge in [-0.25, -0.2) is 18.7 Å². The Morgan fingerprint density at radius 3 is 2.05 bits per heavy atom. The first-order valence-corrected chi connectivity index (χ1v) is 5.40. The minimum atomic E-state index is -4.69. The molecule has 0 aliphatic rings. The number of hydrogen-bond acceptors (Lipinski definition) is 3. The Balaban J connectivity index is 2.61. The molecule has 0 aliphatic heterocycles. The molecule has 0 amide bonds. The van der Waals surface area contributed by atoms with Crippen molar-refractivity contribution in [2.45, 2.75) is 6.18 Å². The second-order valence-corrected chi connectivity index (χ2v) is 3.87. The molecule has 1 aromatic heterocycles. The Hall–Kier alpha value is -2.25. The molecular weight excluding hydrogens is 281 g/mol. The Kier molecular flexibility index (Phi) is 3.56. The Bertz CT molecular complexity index is 619. The summed E-state index contributed by atoms with van der Waals surface area (Å²) < 4.78 is 64.3. The molecule has 1 heterocycles. The summed E-state index contributed by atoms with van der Waals surface area (Å²) in [6, 6.07) is 3.04. The van der Waals surface area contributed by atoms with Crippen LogP contribution >= 0.6 is 0 Å². The molecule has 0 spiro atoms. The largest absolute Gasteiger partial charge is 0.433 e. The molecule has 0 saturated carbocycles. The quantitative estimate of drug-likeness (QED) is 0.860. The van der Waals surface area contributed by atoms with Gasteiger partial charge in [-0.3, -0.25) is 0 Å². The summed E-state index contributed by atoms with van der Waals surface area (Å²) in [6.45, 7) is 0. The smallest absolute Gasteiger partial charge is 0.357 e. The van der Waals surface area contributed by atoms with E-state index in [1.807, 2.05) is 0 Å². The highest BCUT2D eigenvalue weighted by Gasteiger charge is 2.33. The van der Waals surface area contributed by atoms with Crippen LogP contribution in [0.2, 0.25) is 0 Å². The zero-order valence-corrected chi connectivity index (χ0v) is 10.1. The second-order valence-electron chi connectivity index (χ2n) is 3.87. The molecule has 3 nitrogen and oxygen atoms in total. The van der Waals surface area contributed by atoms with Crippen molar-refractivity contribution in [2.75, 3.05) is 12.4 Å². The lowest BCUT2D eigenvalue weighted by Gasteiger charge is -2.10. The van der Waals surface area contributed by atoms with Crippen molar-refractivity contribution < 1.29 is 22.0 Å². The van der Waals surface area contributed by atoms with Crippen LogP contribution in [0.1, 0.15) is 5.69 Å². The van der Waals surface area contributed by atoms with Crippen LogP contribution in [0.3, 0.4) is 0 Å². The van der Waals surface area contributed by atoms with E-state index >= 15 is 0 Å². The van der Waals surface area contributed by atoms with Crippen LogP contribution in [0.4, 0.5) is 27.9 Å². The number of hydrogen-bond donors (Lipinski definition) is 1. The Labute approximate surface area is 110 Å². The molecule has 0 bridgehead atoms. The fourth-order valence-electron chi connectivity index (χ4n) is 1.55. The van der Waals surface area contributed by atoms with Gasteiger partial charge in [-0.05, 0) is 18.2 Å². The number of aromatic nitrogens is 2. The first-order chi connectivity index (χ1) is 9.29. The topological polar surface area (TPSA) is 37.8 Å². The molecule has 0 fully saturated rings. The van der Waals surface area contributed by atoms with Crippen molar-refractivity contribution in [3.63, 3.8) is 0 Å². The lowest BCUT2D eigenvalue weighted by Crippen LogP contribution is -2.11. The summed E-state index contributed by atoms with van der Waals surface area (Å²) in [5.74, 6) is -2.10. The van der Waals surface area contributed by atoms with E-state index in [1.54, 1.807) is 0 Å². The van der Waals surface area contributed by atoms with Crippen LogP contribution in [-0.2, 0) is 6.18 Å². The molecule has 1 N–H and O–H groups in total. The molecule has 8 heteroatoms.